The summed E-state index contributed by atoms with van der Waals surface area (Å²) in [6, 6.07) is 3.99. The molecule has 5 heteroatoms. The lowest BCUT2D eigenvalue weighted by Crippen LogP contribution is -2.13. The van der Waals surface area contributed by atoms with Crippen molar-refractivity contribution >= 4 is 15.9 Å². The van der Waals surface area contributed by atoms with Gasteiger partial charge in [-0.25, -0.2) is 0 Å². The number of hydrogen-bond donors (Lipinski definition) is 1. The monoisotopic (exact) mass is 280 g/mol. The summed E-state index contributed by atoms with van der Waals surface area (Å²) in [6.07, 6.45) is 5.67. The van der Waals surface area contributed by atoms with Crippen molar-refractivity contribution in [2.75, 3.05) is 0 Å². The first kappa shape index (κ1) is 11.3. The Bertz CT molecular complexity index is 449. The fourth-order valence-corrected chi connectivity index (χ4v) is 1.64. The second-order valence-electron chi connectivity index (χ2n) is 3.59. The van der Waals surface area contributed by atoms with Crippen molar-refractivity contribution in [1.29, 1.82) is 0 Å². The highest BCUT2D eigenvalue weighted by atomic mass is 79.9. The summed E-state index contributed by atoms with van der Waals surface area (Å²) >= 11 is 3.36. The molecule has 2 heterocycles. The van der Waals surface area contributed by atoms with E-state index in [4.69, 9.17) is 0 Å². The molecule has 0 saturated carbocycles. The minimum absolute atomic E-state index is 0.766. The zero-order chi connectivity index (χ0) is 11.4. The van der Waals surface area contributed by atoms with Gasteiger partial charge in [-0.2, -0.15) is 5.10 Å². The number of halogens is 1. The van der Waals surface area contributed by atoms with Crippen LogP contribution in [0.15, 0.2) is 35.2 Å². The van der Waals surface area contributed by atoms with Crippen LogP contribution in [0.3, 0.4) is 0 Å². The van der Waals surface area contributed by atoms with E-state index in [1.165, 1.54) is 5.56 Å². The van der Waals surface area contributed by atoms with Crippen LogP contribution in [-0.4, -0.2) is 14.8 Å². The van der Waals surface area contributed by atoms with Crippen molar-refractivity contribution in [3.8, 4) is 0 Å². The lowest BCUT2D eigenvalue weighted by molar-refractivity contribution is 0.678. The minimum Gasteiger partial charge on any atom is -0.307 e. The van der Waals surface area contributed by atoms with Crippen LogP contribution in [-0.2, 0) is 20.1 Å². The van der Waals surface area contributed by atoms with Crippen LogP contribution in [0.2, 0.25) is 0 Å². The first-order valence-electron chi connectivity index (χ1n) is 5.03. The number of nitrogens with one attached hydrogen (secondary N) is 1. The number of aryl methyl sites for hydroxylation is 1. The van der Waals surface area contributed by atoms with E-state index in [9.17, 15) is 0 Å². The van der Waals surface area contributed by atoms with Crippen LogP contribution < -0.4 is 5.32 Å². The van der Waals surface area contributed by atoms with E-state index in [-0.39, 0.29) is 0 Å². The summed E-state index contributed by atoms with van der Waals surface area (Å²) in [7, 11) is 1.92. The van der Waals surface area contributed by atoms with Crippen molar-refractivity contribution in [1.82, 2.24) is 20.1 Å². The van der Waals surface area contributed by atoms with E-state index in [2.05, 4.69) is 31.3 Å². The van der Waals surface area contributed by atoms with E-state index < -0.39 is 0 Å². The molecule has 0 spiro atoms. The average Bonchev–Trinajstić information content (AvgIpc) is 2.67. The zero-order valence-electron chi connectivity index (χ0n) is 9.02. The summed E-state index contributed by atoms with van der Waals surface area (Å²) in [5.41, 5.74) is 2.21. The molecule has 0 aliphatic heterocycles. The molecular formula is C11H13BrN4. The Kier molecular flexibility index (Phi) is 3.69. The van der Waals surface area contributed by atoms with Gasteiger partial charge in [-0.3, -0.25) is 9.67 Å². The topological polar surface area (TPSA) is 42.7 Å². The fourth-order valence-electron chi connectivity index (χ4n) is 1.41. The van der Waals surface area contributed by atoms with Crippen molar-refractivity contribution in [2.45, 2.75) is 13.1 Å². The van der Waals surface area contributed by atoms with Gasteiger partial charge in [-0.1, -0.05) is 0 Å². The first-order valence-corrected chi connectivity index (χ1v) is 5.82. The van der Waals surface area contributed by atoms with Crippen LogP contribution in [0, 0.1) is 0 Å². The van der Waals surface area contributed by atoms with Gasteiger partial charge < -0.3 is 5.32 Å². The van der Waals surface area contributed by atoms with Crippen LogP contribution in [0.4, 0.5) is 0 Å². The second kappa shape index (κ2) is 5.23. The molecule has 0 aromatic carbocycles. The van der Waals surface area contributed by atoms with Crippen LogP contribution >= 0.6 is 15.9 Å². The molecule has 84 valence electrons. The van der Waals surface area contributed by atoms with Crippen molar-refractivity contribution < 1.29 is 0 Å². The van der Waals surface area contributed by atoms with E-state index in [0.717, 1.165) is 23.3 Å². The van der Waals surface area contributed by atoms with Crippen molar-refractivity contribution in [2.24, 2.45) is 7.05 Å². The molecule has 2 aromatic rings. The molecule has 0 atom stereocenters. The Labute approximate surface area is 103 Å². The molecule has 2 aromatic heterocycles. The predicted molar refractivity (Wildman–Crippen MR) is 65.7 cm³/mol. The highest BCUT2D eigenvalue weighted by Gasteiger charge is 1.97. The smallest absolute Gasteiger partial charge is 0.0542 e. The molecule has 16 heavy (non-hydrogen) atoms. The summed E-state index contributed by atoms with van der Waals surface area (Å²) in [5, 5.41) is 7.43. The summed E-state index contributed by atoms with van der Waals surface area (Å²) < 4.78 is 2.80. The zero-order valence-corrected chi connectivity index (χ0v) is 10.6. The Morgan fingerprint density at radius 3 is 2.81 bits per heavy atom. The normalized spacial score (nSPS) is 10.6. The van der Waals surface area contributed by atoms with Gasteiger partial charge in [-0.15, -0.1) is 0 Å². The molecule has 0 bridgehead atoms. The predicted octanol–water partition coefficient (Wildman–Crippen LogP) is 1.87. The number of rotatable bonds is 4. The van der Waals surface area contributed by atoms with E-state index in [1.54, 1.807) is 10.9 Å². The van der Waals surface area contributed by atoms with Gasteiger partial charge in [0.05, 0.1) is 11.9 Å². The summed E-state index contributed by atoms with van der Waals surface area (Å²) in [5.74, 6) is 0. The maximum absolute atomic E-state index is 4.28. The SMILES string of the molecule is Cn1cc(CNCc2ccc(Br)cn2)cn1. The van der Waals surface area contributed by atoms with Crippen molar-refractivity contribution in [3.63, 3.8) is 0 Å². The lowest BCUT2D eigenvalue weighted by Gasteiger charge is -2.02. The Morgan fingerprint density at radius 2 is 2.19 bits per heavy atom. The molecule has 0 saturated heterocycles. The maximum atomic E-state index is 4.28. The van der Waals surface area contributed by atoms with E-state index >= 15 is 0 Å². The van der Waals surface area contributed by atoms with E-state index in [0.29, 0.717) is 0 Å². The van der Waals surface area contributed by atoms with Gasteiger partial charge in [0, 0.05) is 42.6 Å². The van der Waals surface area contributed by atoms with Gasteiger partial charge in [-0.05, 0) is 28.1 Å². The summed E-state index contributed by atoms with van der Waals surface area (Å²) in [6.45, 7) is 1.58. The lowest BCUT2D eigenvalue weighted by atomic mass is 10.3. The third-order valence-corrected chi connectivity index (χ3v) is 2.65. The molecule has 4 nitrogen and oxygen atoms in total. The molecule has 1 N–H and O–H groups in total. The number of hydrogen-bond acceptors (Lipinski definition) is 3. The first-order chi connectivity index (χ1) is 7.74. The summed E-state index contributed by atoms with van der Waals surface area (Å²) in [4.78, 5) is 4.28. The molecule has 0 aliphatic rings. The Morgan fingerprint density at radius 1 is 1.31 bits per heavy atom. The maximum Gasteiger partial charge on any atom is 0.0542 e. The van der Waals surface area contributed by atoms with Crippen LogP contribution in [0.25, 0.3) is 0 Å². The largest absolute Gasteiger partial charge is 0.307 e. The molecular weight excluding hydrogens is 268 g/mol. The van der Waals surface area contributed by atoms with Gasteiger partial charge >= 0.3 is 0 Å². The number of aromatic nitrogens is 3. The molecule has 0 fully saturated rings. The van der Waals surface area contributed by atoms with Crippen LogP contribution in [0.5, 0.6) is 0 Å². The number of nitrogens with zero attached hydrogens (tertiary/aromatic N) is 3. The third kappa shape index (κ3) is 3.15. The minimum atomic E-state index is 0.766. The standard InChI is InChI=1S/C11H13BrN4/c1-16-8-9(5-15-16)4-13-7-11-3-2-10(12)6-14-11/h2-3,5-6,8,13H,4,7H2,1H3. The fraction of sp³-hybridized carbons (Fsp3) is 0.273. The molecule has 2 rings (SSSR count). The van der Waals surface area contributed by atoms with Gasteiger partial charge in [0.15, 0.2) is 0 Å². The highest BCUT2D eigenvalue weighted by molar-refractivity contribution is 9.10. The molecule has 0 unspecified atom stereocenters. The van der Waals surface area contributed by atoms with Gasteiger partial charge in [0.1, 0.15) is 0 Å². The Hall–Kier alpha value is -1.20. The van der Waals surface area contributed by atoms with Gasteiger partial charge in [0.2, 0.25) is 0 Å². The quantitative estimate of drug-likeness (QED) is 0.930. The van der Waals surface area contributed by atoms with E-state index in [1.807, 2.05) is 31.6 Å². The third-order valence-electron chi connectivity index (χ3n) is 2.18. The molecule has 0 amide bonds. The van der Waals surface area contributed by atoms with Gasteiger partial charge in [0.25, 0.3) is 0 Å². The highest BCUT2D eigenvalue weighted by Crippen LogP contribution is 2.07. The van der Waals surface area contributed by atoms with Crippen molar-refractivity contribution in [3.05, 3.63) is 46.5 Å². The second-order valence-corrected chi connectivity index (χ2v) is 4.51. The van der Waals surface area contributed by atoms with Crippen LogP contribution in [0.1, 0.15) is 11.3 Å². The number of pyridine rings is 1. The molecule has 0 radical (unpaired) electrons. The Balaban J connectivity index is 1.82. The molecule has 0 aliphatic carbocycles. The average molecular weight is 281 g/mol.